The number of nitrogens with one attached hydrogen (secondary N) is 1. The number of methoxy groups -OCH3 is 1. The molecule has 0 amide bonds. The second kappa shape index (κ2) is 8.68. The quantitative estimate of drug-likeness (QED) is 0.390. The van der Waals surface area contributed by atoms with Crippen molar-refractivity contribution >= 4 is 16.9 Å². The number of ether oxygens (including phenoxy) is 1. The van der Waals surface area contributed by atoms with Crippen molar-refractivity contribution in [2.45, 2.75) is 20.0 Å². The lowest BCUT2D eigenvalue weighted by atomic mass is 10.2. The number of furan rings is 1. The first-order chi connectivity index (χ1) is 13.1. The fourth-order valence-corrected chi connectivity index (χ4v) is 2.73. The average Bonchev–Trinajstić information content (AvgIpc) is 3.21. The molecule has 0 aliphatic heterocycles. The summed E-state index contributed by atoms with van der Waals surface area (Å²) in [6.07, 6.45) is 0. The van der Waals surface area contributed by atoms with Crippen LogP contribution < -0.4 is 5.32 Å². The van der Waals surface area contributed by atoms with Gasteiger partial charge in [-0.2, -0.15) is 0 Å². The number of aliphatic imine (C=N–C) groups is 1. The molecule has 0 aliphatic rings. The van der Waals surface area contributed by atoms with Crippen molar-refractivity contribution in [1.82, 2.24) is 25.0 Å². The van der Waals surface area contributed by atoms with E-state index in [0.29, 0.717) is 26.2 Å². The van der Waals surface area contributed by atoms with Crippen molar-refractivity contribution in [1.29, 1.82) is 0 Å². The first-order valence-corrected chi connectivity index (χ1v) is 8.89. The van der Waals surface area contributed by atoms with Crippen LogP contribution in [0.25, 0.3) is 11.0 Å². The van der Waals surface area contributed by atoms with Crippen molar-refractivity contribution in [2.75, 3.05) is 27.3 Å². The third-order valence-corrected chi connectivity index (χ3v) is 4.37. The number of aryl methyl sites for hydroxylation is 1. The van der Waals surface area contributed by atoms with Crippen molar-refractivity contribution in [3.8, 4) is 0 Å². The topological polar surface area (TPSA) is 80.7 Å². The number of aromatic nitrogens is 3. The van der Waals surface area contributed by atoms with Crippen molar-refractivity contribution in [3.05, 3.63) is 47.7 Å². The fourth-order valence-electron chi connectivity index (χ4n) is 2.73. The number of benzene rings is 1. The van der Waals surface area contributed by atoms with Crippen LogP contribution in [0, 0.1) is 6.92 Å². The first kappa shape index (κ1) is 18.9. The van der Waals surface area contributed by atoms with Gasteiger partial charge in [-0.05, 0) is 19.1 Å². The minimum absolute atomic E-state index is 0.442. The van der Waals surface area contributed by atoms with Gasteiger partial charge in [-0.25, -0.2) is 4.99 Å². The standard InChI is InChI=1S/C19H26N6O2/c1-14-22-23-18(25(14)3)12-21-19(20-9-10-26-4)24(2)13-16-11-15-7-5-6-8-17(15)27-16/h5-8,11H,9-10,12-13H2,1-4H3,(H,20,21). The highest BCUT2D eigenvalue weighted by Gasteiger charge is 2.12. The molecule has 0 radical (unpaired) electrons. The van der Waals surface area contributed by atoms with Gasteiger partial charge in [-0.15, -0.1) is 10.2 Å². The number of para-hydroxylation sites is 1. The highest BCUT2D eigenvalue weighted by atomic mass is 16.5. The number of nitrogens with zero attached hydrogens (tertiary/aromatic N) is 5. The lowest BCUT2D eigenvalue weighted by molar-refractivity contribution is 0.202. The minimum atomic E-state index is 0.442. The SMILES string of the molecule is COCCNC(=NCc1nnc(C)n1C)N(C)Cc1cc2ccccc2o1. The molecule has 1 N–H and O–H groups in total. The van der Waals surface area contributed by atoms with Crippen LogP contribution >= 0.6 is 0 Å². The molecular formula is C19H26N6O2. The van der Waals surface area contributed by atoms with Gasteiger partial charge in [-0.3, -0.25) is 0 Å². The Morgan fingerprint density at radius 1 is 1.33 bits per heavy atom. The Morgan fingerprint density at radius 2 is 2.15 bits per heavy atom. The molecule has 2 heterocycles. The zero-order chi connectivity index (χ0) is 19.2. The van der Waals surface area contributed by atoms with Crippen LogP contribution in [-0.4, -0.2) is 52.9 Å². The first-order valence-electron chi connectivity index (χ1n) is 8.89. The molecule has 0 bridgehead atoms. The van der Waals surface area contributed by atoms with Gasteiger partial charge in [0.1, 0.15) is 23.7 Å². The molecule has 1 aromatic carbocycles. The molecule has 3 aromatic rings. The molecule has 0 fully saturated rings. The molecular weight excluding hydrogens is 344 g/mol. The lowest BCUT2D eigenvalue weighted by Crippen LogP contribution is -2.40. The van der Waals surface area contributed by atoms with E-state index in [4.69, 9.17) is 14.1 Å². The minimum Gasteiger partial charge on any atom is -0.459 e. The summed E-state index contributed by atoms with van der Waals surface area (Å²) in [5.41, 5.74) is 0.890. The smallest absolute Gasteiger partial charge is 0.194 e. The summed E-state index contributed by atoms with van der Waals surface area (Å²) < 4.78 is 13.0. The zero-order valence-corrected chi connectivity index (χ0v) is 16.3. The summed E-state index contributed by atoms with van der Waals surface area (Å²) >= 11 is 0. The maximum absolute atomic E-state index is 5.92. The maximum atomic E-state index is 5.92. The lowest BCUT2D eigenvalue weighted by Gasteiger charge is -2.21. The van der Waals surface area contributed by atoms with Gasteiger partial charge in [0.2, 0.25) is 0 Å². The average molecular weight is 370 g/mol. The number of fused-ring (bicyclic) bond motifs is 1. The molecule has 2 aromatic heterocycles. The molecule has 0 atom stereocenters. The van der Waals surface area contributed by atoms with E-state index in [2.05, 4.69) is 21.6 Å². The number of rotatable bonds is 7. The number of hydrogen-bond acceptors (Lipinski definition) is 5. The highest BCUT2D eigenvalue weighted by Crippen LogP contribution is 2.19. The molecule has 144 valence electrons. The molecule has 0 unspecified atom stereocenters. The van der Waals surface area contributed by atoms with E-state index in [1.807, 2.05) is 54.8 Å². The Kier molecular flexibility index (Phi) is 6.08. The second-order valence-electron chi connectivity index (χ2n) is 6.39. The van der Waals surface area contributed by atoms with Gasteiger partial charge in [0.15, 0.2) is 11.8 Å². The normalized spacial score (nSPS) is 11.9. The predicted molar refractivity (Wildman–Crippen MR) is 104 cm³/mol. The molecule has 8 heteroatoms. The fraction of sp³-hybridized carbons (Fsp3) is 0.421. The summed E-state index contributed by atoms with van der Waals surface area (Å²) in [5.74, 6) is 3.32. The van der Waals surface area contributed by atoms with Crippen molar-refractivity contribution in [3.63, 3.8) is 0 Å². The second-order valence-corrected chi connectivity index (χ2v) is 6.39. The monoisotopic (exact) mass is 370 g/mol. The predicted octanol–water partition coefficient (Wildman–Crippen LogP) is 2.09. The van der Waals surface area contributed by atoms with Crippen molar-refractivity contribution < 1.29 is 9.15 Å². The van der Waals surface area contributed by atoms with Crippen LogP contribution in [0.2, 0.25) is 0 Å². The number of guanidine groups is 1. The summed E-state index contributed by atoms with van der Waals surface area (Å²) in [4.78, 5) is 6.73. The molecule has 8 nitrogen and oxygen atoms in total. The van der Waals surface area contributed by atoms with Crippen LogP contribution in [0.5, 0.6) is 0 Å². The largest absolute Gasteiger partial charge is 0.459 e. The summed E-state index contributed by atoms with van der Waals surface area (Å²) in [6.45, 7) is 4.23. The van der Waals surface area contributed by atoms with Crippen LogP contribution in [0.1, 0.15) is 17.4 Å². The van der Waals surface area contributed by atoms with E-state index in [9.17, 15) is 0 Å². The Bertz CT molecular complexity index is 881. The molecule has 27 heavy (non-hydrogen) atoms. The van der Waals surface area contributed by atoms with E-state index in [1.54, 1.807) is 7.11 Å². The molecule has 3 rings (SSSR count). The number of hydrogen-bond donors (Lipinski definition) is 1. The van der Waals surface area contributed by atoms with Gasteiger partial charge in [0, 0.05) is 33.1 Å². The van der Waals surface area contributed by atoms with Crippen LogP contribution in [0.15, 0.2) is 39.7 Å². The molecule has 0 spiro atoms. The van der Waals surface area contributed by atoms with E-state index in [-0.39, 0.29) is 0 Å². The molecule has 0 saturated heterocycles. The van der Waals surface area contributed by atoms with Crippen LogP contribution in [-0.2, 0) is 24.9 Å². The Balaban J connectivity index is 1.73. The molecule has 0 saturated carbocycles. The van der Waals surface area contributed by atoms with E-state index in [1.165, 1.54) is 0 Å². The summed E-state index contributed by atoms with van der Waals surface area (Å²) in [6, 6.07) is 10.1. The van der Waals surface area contributed by atoms with Gasteiger partial charge in [0.25, 0.3) is 0 Å². The van der Waals surface area contributed by atoms with Gasteiger partial charge >= 0.3 is 0 Å². The van der Waals surface area contributed by atoms with E-state index >= 15 is 0 Å². The van der Waals surface area contributed by atoms with Crippen LogP contribution in [0.3, 0.4) is 0 Å². The summed E-state index contributed by atoms with van der Waals surface area (Å²) in [7, 11) is 5.60. The Labute approximate surface area is 158 Å². The van der Waals surface area contributed by atoms with Gasteiger partial charge in [0.05, 0.1) is 13.2 Å². The van der Waals surface area contributed by atoms with Gasteiger partial charge < -0.3 is 23.9 Å². The Hall–Kier alpha value is -2.87. The Morgan fingerprint density at radius 3 is 2.85 bits per heavy atom. The molecule has 0 aliphatic carbocycles. The zero-order valence-electron chi connectivity index (χ0n) is 16.3. The summed E-state index contributed by atoms with van der Waals surface area (Å²) in [5, 5.41) is 12.7. The van der Waals surface area contributed by atoms with Gasteiger partial charge in [-0.1, -0.05) is 18.2 Å². The maximum Gasteiger partial charge on any atom is 0.194 e. The highest BCUT2D eigenvalue weighted by molar-refractivity contribution is 5.80. The third-order valence-electron chi connectivity index (χ3n) is 4.37. The van der Waals surface area contributed by atoms with E-state index in [0.717, 1.165) is 34.3 Å². The third kappa shape index (κ3) is 4.65. The van der Waals surface area contributed by atoms with E-state index < -0.39 is 0 Å². The van der Waals surface area contributed by atoms with Crippen LogP contribution in [0.4, 0.5) is 0 Å². The van der Waals surface area contributed by atoms with Crippen molar-refractivity contribution in [2.24, 2.45) is 12.0 Å².